The molecule has 2 aliphatic heterocycles. The number of thioether (sulfide) groups is 1. The number of benzene rings is 3. The van der Waals surface area contributed by atoms with Gasteiger partial charge in [0.05, 0.1) is 18.0 Å². The molecule has 1 atom stereocenters. The average molecular weight is 624 g/mol. The Morgan fingerprint density at radius 1 is 1.11 bits per heavy atom. The second-order valence-corrected chi connectivity index (χ2v) is 11.2. The van der Waals surface area contributed by atoms with E-state index in [-0.39, 0.29) is 24.1 Å². The van der Waals surface area contributed by atoms with Crippen molar-refractivity contribution in [3.63, 3.8) is 0 Å². The van der Waals surface area contributed by atoms with E-state index >= 15 is 0 Å². The number of fused-ring (bicyclic) bond motifs is 3. The molecule has 3 aromatic carbocycles. The Bertz CT molecular complexity index is 1770. The lowest BCUT2D eigenvalue weighted by Gasteiger charge is -2.30. The number of ether oxygens (including phenoxy) is 2. The van der Waals surface area contributed by atoms with Crippen LogP contribution in [-0.4, -0.2) is 44.7 Å². The highest BCUT2D eigenvalue weighted by molar-refractivity contribution is 8.14. The number of aromatic nitrogens is 3. The molecule has 13 heteroatoms. The zero-order chi connectivity index (χ0) is 31.0. The minimum absolute atomic E-state index is 0.0543. The quantitative estimate of drug-likeness (QED) is 0.205. The molecule has 0 aliphatic carbocycles. The fourth-order valence-corrected chi connectivity index (χ4v) is 5.96. The molecular weight excluding hydrogens is 598 g/mol. The first-order valence-electron chi connectivity index (χ1n) is 13.6. The summed E-state index contributed by atoms with van der Waals surface area (Å²) in [4.78, 5) is 23.0. The van der Waals surface area contributed by atoms with Crippen LogP contribution in [0.5, 0.6) is 5.75 Å². The number of amides is 1. The molecule has 1 fully saturated rings. The summed E-state index contributed by atoms with van der Waals surface area (Å²) >= 11 is 1.44. The zero-order valence-corrected chi connectivity index (χ0v) is 24.3. The molecule has 226 valence electrons. The smallest absolute Gasteiger partial charge is 0.448 e. The SMILES string of the molecule is Cc1cc2c(cc1F)C(C)C=C1CS/C(=N\C(=O)OCCc3ccc(-c4ncn(-c5ccc(OC(F)(F)F)cc5)n4)cc3)N12. The van der Waals surface area contributed by atoms with Gasteiger partial charge in [-0.05, 0) is 60.0 Å². The number of anilines is 1. The highest BCUT2D eigenvalue weighted by Crippen LogP contribution is 2.43. The Labute approximate surface area is 254 Å². The topological polar surface area (TPSA) is 81.8 Å². The maximum absolute atomic E-state index is 14.2. The van der Waals surface area contributed by atoms with Crippen LogP contribution in [0.4, 0.5) is 28.0 Å². The third-order valence-corrected chi connectivity index (χ3v) is 8.12. The van der Waals surface area contributed by atoms with Crippen molar-refractivity contribution in [2.24, 2.45) is 4.99 Å². The van der Waals surface area contributed by atoms with Crippen LogP contribution in [0.2, 0.25) is 0 Å². The number of hydrogen-bond donors (Lipinski definition) is 0. The van der Waals surface area contributed by atoms with Crippen LogP contribution in [0, 0.1) is 12.7 Å². The van der Waals surface area contributed by atoms with E-state index in [0.717, 1.165) is 28.1 Å². The summed E-state index contributed by atoms with van der Waals surface area (Å²) < 4.78 is 62.2. The summed E-state index contributed by atoms with van der Waals surface area (Å²) in [7, 11) is 0. The Hall–Kier alpha value is -4.65. The van der Waals surface area contributed by atoms with E-state index in [9.17, 15) is 22.4 Å². The highest BCUT2D eigenvalue weighted by Gasteiger charge is 2.34. The van der Waals surface area contributed by atoms with Crippen LogP contribution in [0.15, 0.2) is 83.8 Å². The van der Waals surface area contributed by atoms with Gasteiger partial charge in [0.2, 0.25) is 0 Å². The van der Waals surface area contributed by atoms with Gasteiger partial charge >= 0.3 is 12.5 Å². The molecule has 0 N–H and O–H groups in total. The number of amidine groups is 1. The van der Waals surface area contributed by atoms with Gasteiger partial charge in [0, 0.05) is 29.4 Å². The van der Waals surface area contributed by atoms with Gasteiger partial charge in [-0.15, -0.1) is 18.3 Å². The Balaban J connectivity index is 1.05. The fourth-order valence-electron chi connectivity index (χ4n) is 4.98. The number of alkyl halides is 3. The predicted molar refractivity (Wildman–Crippen MR) is 159 cm³/mol. The Kier molecular flexibility index (Phi) is 7.89. The van der Waals surface area contributed by atoms with Crippen LogP contribution in [0.25, 0.3) is 17.1 Å². The van der Waals surface area contributed by atoms with Crippen LogP contribution in [-0.2, 0) is 11.2 Å². The van der Waals surface area contributed by atoms with Crippen molar-refractivity contribution in [3.8, 4) is 22.8 Å². The number of halogens is 4. The normalized spacial score (nSPS) is 16.9. The van der Waals surface area contributed by atoms with Crippen molar-refractivity contribution in [1.29, 1.82) is 0 Å². The highest BCUT2D eigenvalue weighted by atomic mass is 32.2. The third-order valence-electron chi connectivity index (χ3n) is 7.15. The molecule has 44 heavy (non-hydrogen) atoms. The lowest BCUT2D eigenvalue weighted by Crippen LogP contribution is -2.28. The van der Waals surface area contributed by atoms with Gasteiger partial charge < -0.3 is 9.47 Å². The molecule has 1 amide bonds. The molecule has 2 aliphatic rings. The Morgan fingerprint density at radius 3 is 2.59 bits per heavy atom. The third kappa shape index (κ3) is 6.32. The number of rotatable bonds is 6. The molecule has 4 aromatic rings. The standard InChI is InChI=1S/C31H25F4N5O3S/c1-18-13-23-16-44-29(40(23)27-14-19(2)26(32)15-25(18)27)37-30(41)42-12-11-20-3-5-21(6-4-20)28-36-17-39(38-28)22-7-9-24(10-8-22)43-31(33,34)35/h3-10,13-15,17-18H,11-12,16H2,1-2H3/b37-29-. The van der Waals surface area contributed by atoms with Crippen molar-refractivity contribution >= 4 is 28.7 Å². The second-order valence-electron chi connectivity index (χ2n) is 10.2. The monoisotopic (exact) mass is 623 g/mol. The second kappa shape index (κ2) is 11.8. The molecule has 0 radical (unpaired) electrons. The number of hydrogen-bond acceptors (Lipinski definition) is 6. The van der Waals surface area contributed by atoms with Gasteiger partial charge in [-0.3, -0.25) is 4.90 Å². The summed E-state index contributed by atoms with van der Waals surface area (Å²) in [5.74, 6) is 0.564. The number of aliphatic imine (C=N–C) groups is 1. The van der Waals surface area contributed by atoms with E-state index in [1.807, 2.05) is 36.1 Å². The molecule has 1 unspecified atom stereocenters. The summed E-state index contributed by atoms with van der Waals surface area (Å²) in [5.41, 5.74) is 5.40. The van der Waals surface area contributed by atoms with E-state index in [2.05, 4.69) is 25.9 Å². The molecule has 6 rings (SSSR count). The largest absolute Gasteiger partial charge is 0.573 e. The van der Waals surface area contributed by atoms with E-state index < -0.39 is 12.5 Å². The molecule has 0 saturated carbocycles. The lowest BCUT2D eigenvalue weighted by molar-refractivity contribution is -0.274. The first-order valence-corrected chi connectivity index (χ1v) is 14.6. The predicted octanol–water partition coefficient (Wildman–Crippen LogP) is 7.57. The van der Waals surface area contributed by atoms with Crippen molar-refractivity contribution < 1.29 is 31.8 Å². The van der Waals surface area contributed by atoms with Crippen molar-refractivity contribution in [3.05, 3.63) is 101 Å². The summed E-state index contributed by atoms with van der Waals surface area (Å²) in [6.45, 7) is 3.86. The van der Waals surface area contributed by atoms with Crippen molar-refractivity contribution in [1.82, 2.24) is 14.8 Å². The van der Waals surface area contributed by atoms with Crippen molar-refractivity contribution in [2.45, 2.75) is 32.5 Å². The van der Waals surface area contributed by atoms with Gasteiger partial charge in [-0.2, -0.15) is 4.99 Å². The number of carbonyl (C=O) groups is 1. The Morgan fingerprint density at radius 2 is 1.86 bits per heavy atom. The number of carbonyl (C=O) groups excluding carboxylic acids is 1. The van der Waals surface area contributed by atoms with Gasteiger partial charge in [-0.1, -0.05) is 49.0 Å². The zero-order valence-electron chi connectivity index (χ0n) is 23.5. The minimum atomic E-state index is -4.76. The van der Waals surface area contributed by atoms with Crippen LogP contribution in [0.3, 0.4) is 0 Å². The van der Waals surface area contributed by atoms with Crippen LogP contribution < -0.4 is 9.64 Å². The first kappa shape index (κ1) is 29.4. The minimum Gasteiger partial charge on any atom is -0.448 e. The lowest BCUT2D eigenvalue weighted by atomic mass is 9.92. The number of allylic oxidation sites excluding steroid dienone is 1. The molecule has 0 spiro atoms. The molecule has 8 nitrogen and oxygen atoms in total. The molecule has 1 aromatic heterocycles. The van der Waals surface area contributed by atoms with Gasteiger partial charge in [0.1, 0.15) is 17.9 Å². The van der Waals surface area contributed by atoms with E-state index in [1.165, 1.54) is 47.0 Å². The summed E-state index contributed by atoms with van der Waals surface area (Å²) in [6, 6.07) is 16.1. The molecule has 3 heterocycles. The van der Waals surface area contributed by atoms with E-state index in [0.29, 0.717) is 34.4 Å². The van der Waals surface area contributed by atoms with Crippen molar-refractivity contribution in [2.75, 3.05) is 17.3 Å². The number of nitrogens with zero attached hydrogens (tertiary/aromatic N) is 5. The average Bonchev–Trinajstić information content (AvgIpc) is 3.62. The molecule has 1 saturated heterocycles. The maximum atomic E-state index is 14.2. The summed E-state index contributed by atoms with van der Waals surface area (Å²) in [6.07, 6.45) is -1.46. The maximum Gasteiger partial charge on any atom is 0.573 e. The van der Waals surface area contributed by atoms with Crippen LogP contribution in [0.1, 0.15) is 29.5 Å². The van der Waals surface area contributed by atoms with E-state index in [4.69, 9.17) is 4.74 Å². The van der Waals surface area contributed by atoms with Gasteiger partial charge in [0.25, 0.3) is 0 Å². The fraction of sp³-hybridized carbons (Fsp3) is 0.226. The first-order chi connectivity index (χ1) is 21.0. The molecule has 0 bridgehead atoms. The number of aryl methyl sites for hydroxylation is 1. The molecular formula is C31H25F4N5O3S. The van der Waals surface area contributed by atoms with Crippen LogP contribution >= 0.6 is 11.8 Å². The van der Waals surface area contributed by atoms with Gasteiger partial charge in [-0.25, -0.2) is 18.9 Å². The van der Waals surface area contributed by atoms with Gasteiger partial charge in [0.15, 0.2) is 11.0 Å². The summed E-state index contributed by atoms with van der Waals surface area (Å²) in [5, 5.41) is 4.91. The van der Waals surface area contributed by atoms with E-state index in [1.54, 1.807) is 19.1 Å².